The monoisotopic (exact) mass is 315 g/mol. The van der Waals surface area contributed by atoms with Crippen molar-refractivity contribution in [3.8, 4) is 5.82 Å². The Bertz CT molecular complexity index is 678. The molecule has 2 aromatic rings. The normalized spacial score (nSPS) is 10.4. The number of carbonyl (C=O) groups excluding carboxylic acids is 1. The zero-order valence-electron chi connectivity index (χ0n) is 13.4. The molecule has 0 spiro atoms. The smallest absolute Gasteiger partial charge is 0.322 e. The predicted molar refractivity (Wildman–Crippen MR) is 88.7 cm³/mol. The Morgan fingerprint density at radius 1 is 1.48 bits per heavy atom. The van der Waals surface area contributed by atoms with E-state index in [0.717, 1.165) is 11.4 Å². The fourth-order valence-corrected chi connectivity index (χ4v) is 2.20. The summed E-state index contributed by atoms with van der Waals surface area (Å²) in [4.78, 5) is 17.9. The van der Waals surface area contributed by atoms with Crippen LogP contribution in [-0.4, -0.2) is 50.5 Å². The van der Waals surface area contributed by atoms with Crippen LogP contribution in [0.15, 0.2) is 37.1 Å². The molecule has 0 saturated carbocycles. The van der Waals surface area contributed by atoms with Gasteiger partial charge in [0.05, 0.1) is 24.2 Å². The minimum Gasteiger partial charge on any atom is -0.395 e. The second-order valence-corrected chi connectivity index (χ2v) is 5.13. The zero-order chi connectivity index (χ0) is 16.8. The van der Waals surface area contributed by atoms with Crippen molar-refractivity contribution < 1.29 is 9.90 Å². The van der Waals surface area contributed by atoms with Gasteiger partial charge in [-0.3, -0.25) is 0 Å². The maximum Gasteiger partial charge on any atom is 0.322 e. The summed E-state index contributed by atoms with van der Waals surface area (Å²) in [6.45, 7) is 7.99. The van der Waals surface area contributed by atoms with Crippen LogP contribution in [0.3, 0.4) is 0 Å². The lowest BCUT2D eigenvalue weighted by Crippen LogP contribution is -2.37. The third kappa shape index (κ3) is 4.17. The Kier molecular flexibility index (Phi) is 5.48. The molecule has 0 unspecified atom stereocenters. The number of urea groups is 1. The fraction of sp³-hybridized carbons (Fsp3) is 0.312. The average Bonchev–Trinajstić information content (AvgIpc) is 2.86. The summed E-state index contributed by atoms with van der Waals surface area (Å²) in [5.41, 5.74) is 2.49. The Hall–Kier alpha value is -2.67. The molecule has 7 heteroatoms. The molecule has 0 bridgehead atoms. The molecule has 0 aliphatic carbocycles. The van der Waals surface area contributed by atoms with Gasteiger partial charge in [0.15, 0.2) is 5.82 Å². The van der Waals surface area contributed by atoms with E-state index in [-0.39, 0.29) is 19.2 Å². The number of nitrogens with zero attached hydrogens (tertiary/aromatic N) is 4. The fourth-order valence-electron chi connectivity index (χ4n) is 2.20. The Morgan fingerprint density at radius 2 is 2.26 bits per heavy atom. The summed E-state index contributed by atoms with van der Waals surface area (Å²) < 4.78 is 1.75. The highest BCUT2D eigenvalue weighted by Gasteiger charge is 2.12. The number of aromatic nitrogens is 3. The molecular weight excluding hydrogens is 294 g/mol. The number of rotatable bonds is 6. The minimum atomic E-state index is -0.306. The van der Waals surface area contributed by atoms with Crippen molar-refractivity contribution in [3.63, 3.8) is 0 Å². The number of pyridine rings is 1. The van der Waals surface area contributed by atoms with Gasteiger partial charge < -0.3 is 15.3 Å². The van der Waals surface area contributed by atoms with Gasteiger partial charge in [-0.2, -0.15) is 5.10 Å². The lowest BCUT2D eigenvalue weighted by molar-refractivity contribution is 0.195. The lowest BCUT2D eigenvalue weighted by Gasteiger charge is -2.20. The number of aliphatic hydroxyl groups is 1. The number of aryl methyl sites for hydroxylation is 2. The maximum atomic E-state index is 12.1. The summed E-state index contributed by atoms with van der Waals surface area (Å²) in [7, 11) is 0. The summed E-state index contributed by atoms with van der Waals surface area (Å²) in [5.74, 6) is 0.687. The molecule has 0 aliphatic heterocycles. The van der Waals surface area contributed by atoms with Crippen LogP contribution >= 0.6 is 0 Å². The van der Waals surface area contributed by atoms with Crippen molar-refractivity contribution in [1.82, 2.24) is 19.7 Å². The molecule has 2 N–H and O–H groups in total. The molecule has 122 valence electrons. The van der Waals surface area contributed by atoms with E-state index in [9.17, 15) is 4.79 Å². The first-order valence-electron chi connectivity index (χ1n) is 7.32. The first-order valence-corrected chi connectivity index (χ1v) is 7.32. The number of carbonyl (C=O) groups is 1. The maximum absolute atomic E-state index is 12.1. The van der Waals surface area contributed by atoms with Crippen LogP contribution in [-0.2, 0) is 0 Å². The van der Waals surface area contributed by atoms with Crippen LogP contribution in [0.5, 0.6) is 0 Å². The summed E-state index contributed by atoms with van der Waals surface area (Å²) >= 11 is 0. The number of aliphatic hydroxyl groups excluding tert-OH is 1. The Labute approximate surface area is 135 Å². The summed E-state index contributed by atoms with van der Waals surface area (Å²) in [6.07, 6.45) is 3.19. The third-order valence-electron chi connectivity index (χ3n) is 3.23. The van der Waals surface area contributed by atoms with Crippen molar-refractivity contribution in [2.75, 3.05) is 25.0 Å². The van der Waals surface area contributed by atoms with Gasteiger partial charge in [-0.05, 0) is 32.0 Å². The number of nitrogens with one attached hydrogen (secondary N) is 1. The summed E-state index contributed by atoms with van der Waals surface area (Å²) in [5, 5.41) is 16.1. The van der Waals surface area contributed by atoms with Gasteiger partial charge in [0.2, 0.25) is 0 Å². The van der Waals surface area contributed by atoms with Crippen LogP contribution < -0.4 is 5.32 Å². The second-order valence-electron chi connectivity index (χ2n) is 5.13. The molecule has 0 aromatic carbocycles. The van der Waals surface area contributed by atoms with Gasteiger partial charge in [0, 0.05) is 18.8 Å². The van der Waals surface area contributed by atoms with Crippen LogP contribution in [0.1, 0.15) is 11.4 Å². The van der Waals surface area contributed by atoms with Gasteiger partial charge in [-0.1, -0.05) is 6.08 Å². The molecule has 0 radical (unpaired) electrons. The van der Waals surface area contributed by atoms with E-state index in [1.54, 1.807) is 29.1 Å². The highest BCUT2D eigenvalue weighted by Crippen LogP contribution is 2.13. The van der Waals surface area contributed by atoms with E-state index in [1.807, 2.05) is 19.9 Å². The predicted octanol–water partition coefficient (Wildman–Crippen LogP) is 1.90. The van der Waals surface area contributed by atoms with Gasteiger partial charge in [0.1, 0.15) is 0 Å². The largest absolute Gasteiger partial charge is 0.395 e. The quantitative estimate of drug-likeness (QED) is 0.798. The molecule has 2 heterocycles. The molecule has 23 heavy (non-hydrogen) atoms. The van der Waals surface area contributed by atoms with Crippen molar-refractivity contribution >= 4 is 11.7 Å². The number of amides is 2. The van der Waals surface area contributed by atoms with Crippen LogP contribution in [0.4, 0.5) is 10.5 Å². The number of anilines is 1. The molecule has 7 nitrogen and oxygen atoms in total. The van der Waals surface area contributed by atoms with E-state index >= 15 is 0 Å². The van der Waals surface area contributed by atoms with Crippen molar-refractivity contribution in [3.05, 3.63) is 48.4 Å². The van der Waals surface area contributed by atoms with Crippen molar-refractivity contribution in [2.24, 2.45) is 0 Å². The van der Waals surface area contributed by atoms with Gasteiger partial charge in [-0.25, -0.2) is 14.5 Å². The Morgan fingerprint density at radius 3 is 2.78 bits per heavy atom. The molecule has 0 fully saturated rings. The van der Waals surface area contributed by atoms with Crippen LogP contribution in [0.25, 0.3) is 5.82 Å². The van der Waals surface area contributed by atoms with E-state index in [1.165, 1.54) is 4.90 Å². The second kappa shape index (κ2) is 7.55. The van der Waals surface area contributed by atoms with Crippen molar-refractivity contribution in [1.29, 1.82) is 0 Å². The number of hydrogen-bond donors (Lipinski definition) is 2. The third-order valence-corrected chi connectivity index (χ3v) is 3.23. The van der Waals surface area contributed by atoms with Crippen molar-refractivity contribution in [2.45, 2.75) is 13.8 Å². The van der Waals surface area contributed by atoms with Gasteiger partial charge in [-0.15, -0.1) is 6.58 Å². The summed E-state index contributed by atoms with van der Waals surface area (Å²) in [6, 6.07) is 5.22. The molecular formula is C16H21N5O2. The molecule has 0 aliphatic rings. The van der Waals surface area contributed by atoms with Gasteiger partial charge >= 0.3 is 6.03 Å². The first kappa shape index (κ1) is 16.7. The lowest BCUT2D eigenvalue weighted by atomic mass is 10.4. The van der Waals surface area contributed by atoms with E-state index in [2.05, 4.69) is 22.0 Å². The number of hydrogen-bond acceptors (Lipinski definition) is 4. The topological polar surface area (TPSA) is 83.3 Å². The SMILES string of the molecule is C=CCN(CCO)C(=O)Nc1ccc(-n2nc(C)cc2C)nc1. The van der Waals surface area contributed by atoms with E-state index < -0.39 is 0 Å². The molecule has 2 rings (SSSR count). The van der Waals surface area contributed by atoms with Crippen LogP contribution in [0, 0.1) is 13.8 Å². The molecule has 0 atom stereocenters. The highest BCUT2D eigenvalue weighted by molar-refractivity contribution is 5.89. The minimum absolute atomic E-state index is 0.101. The molecule has 2 aromatic heterocycles. The first-order chi connectivity index (χ1) is 11.0. The van der Waals surface area contributed by atoms with E-state index in [0.29, 0.717) is 18.1 Å². The van der Waals surface area contributed by atoms with Gasteiger partial charge in [0.25, 0.3) is 0 Å². The zero-order valence-corrected chi connectivity index (χ0v) is 13.4. The Balaban J connectivity index is 2.09. The molecule has 2 amide bonds. The van der Waals surface area contributed by atoms with E-state index in [4.69, 9.17) is 5.11 Å². The molecule has 0 saturated heterocycles. The highest BCUT2D eigenvalue weighted by atomic mass is 16.3. The average molecular weight is 315 g/mol. The standard InChI is InChI=1S/C16H21N5O2/c1-4-7-20(8-9-22)16(23)18-14-5-6-15(17-11-14)21-13(3)10-12(2)19-21/h4-6,10-11,22H,1,7-9H2,2-3H3,(H,18,23). The van der Waals surface area contributed by atoms with Crippen LogP contribution in [0.2, 0.25) is 0 Å².